The maximum Gasteiger partial charge on any atom is 0.322 e. The minimum Gasteiger partial charge on any atom is -0.461 e. The molecule has 1 aromatic carbocycles. The maximum absolute atomic E-state index is 5.98. The molecular weight excluding hydrogens is 311 g/mol. The van der Waals surface area contributed by atoms with E-state index in [-0.39, 0.29) is 17.4 Å². The minimum absolute atomic E-state index is 0.0328. The van der Waals surface area contributed by atoms with E-state index in [0.717, 1.165) is 5.56 Å². The maximum atomic E-state index is 5.98. The number of benzene rings is 1. The van der Waals surface area contributed by atoms with Crippen LogP contribution in [-0.2, 0) is 6.54 Å². The molecule has 5 nitrogen and oxygen atoms in total. The van der Waals surface area contributed by atoms with Crippen LogP contribution in [0.4, 0.5) is 5.95 Å². The number of aromatic nitrogens is 3. The zero-order chi connectivity index (χ0) is 15.4. The van der Waals surface area contributed by atoms with Gasteiger partial charge in [-0.2, -0.15) is 15.0 Å². The van der Waals surface area contributed by atoms with E-state index in [0.29, 0.717) is 17.5 Å². The molecule has 0 aliphatic rings. The normalized spacial score (nSPS) is 10.8. The lowest BCUT2D eigenvalue weighted by Gasteiger charge is -2.18. The second kappa shape index (κ2) is 6.91. The third kappa shape index (κ3) is 4.72. The van der Waals surface area contributed by atoms with Crippen molar-refractivity contribution in [3.05, 3.63) is 40.1 Å². The number of hydrogen-bond acceptors (Lipinski definition) is 5. The highest BCUT2D eigenvalue weighted by Gasteiger charge is 2.12. The molecule has 112 valence electrons. The summed E-state index contributed by atoms with van der Waals surface area (Å²) in [6.45, 7) is 4.39. The Labute approximate surface area is 133 Å². The molecule has 0 amide bonds. The van der Waals surface area contributed by atoms with Crippen LogP contribution >= 0.6 is 23.2 Å². The molecule has 2 rings (SSSR count). The van der Waals surface area contributed by atoms with Gasteiger partial charge >= 0.3 is 6.01 Å². The Morgan fingerprint density at radius 1 is 1.19 bits per heavy atom. The molecule has 0 radical (unpaired) electrons. The molecule has 1 heterocycles. The third-order valence-electron chi connectivity index (χ3n) is 2.57. The van der Waals surface area contributed by atoms with Crippen LogP contribution in [0.2, 0.25) is 10.3 Å². The number of hydrogen-bond donors (Lipinski definition) is 0. The lowest BCUT2D eigenvalue weighted by molar-refractivity contribution is 0.221. The van der Waals surface area contributed by atoms with Crippen molar-refractivity contribution in [3.8, 4) is 6.01 Å². The molecule has 0 spiro atoms. The molecule has 0 unspecified atom stereocenters. The molecule has 0 saturated carbocycles. The summed E-state index contributed by atoms with van der Waals surface area (Å²) in [4.78, 5) is 14.2. The quantitative estimate of drug-likeness (QED) is 0.840. The molecule has 2 aromatic rings. The molecular formula is C14H16Cl2N4O. The van der Waals surface area contributed by atoms with Gasteiger partial charge in [-0.25, -0.2) is 0 Å². The van der Waals surface area contributed by atoms with Crippen molar-refractivity contribution in [3.63, 3.8) is 0 Å². The highest BCUT2D eigenvalue weighted by Crippen LogP contribution is 2.18. The van der Waals surface area contributed by atoms with E-state index in [4.69, 9.17) is 27.9 Å². The molecule has 0 fully saturated rings. The van der Waals surface area contributed by atoms with Crippen LogP contribution in [0, 0.1) is 0 Å². The Balaban J connectivity index is 2.18. The first kappa shape index (κ1) is 15.8. The SMILES string of the molecule is CC(C)Oc1nc(Cl)nc(N(C)Cc2cccc(Cl)c2)n1. The summed E-state index contributed by atoms with van der Waals surface area (Å²) in [6.07, 6.45) is -0.0328. The standard InChI is InChI=1S/C14H16Cl2N4O/c1-9(2)21-14-18-12(16)17-13(19-14)20(3)8-10-5-4-6-11(15)7-10/h4-7,9H,8H2,1-3H3. The first-order valence-electron chi connectivity index (χ1n) is 6.48. The van der Waals surface area contributed by atoms with Gasteiger partial charge in [0.05, 0.1) is 6.10 Å². The van der Waals surface area contributed by atoms with E-state index in [1.807, 2.05) is 50.1 Å². The van der Waals surface area contributed by atoms with Crippen LogP contribution in [0.25, 0.3) is 0 Å². The summed E-state index contributed by atoms with van der Waals surface area (Å²) >= 11 is 11.9. The molecule has 0 atom stereocenters. The van der Waals surface area contributed by atoms with E-state index in [1.165, 1.54) is 0 Å². The van der Waals surface area contributed by atoms with E-state index in [9.17, 15) is 0 Å². The Bertz CT molecular complexity index is 622. The zero-order valence-corrected chi connectivity index (χ0v) is 13.6. The summed E-state index contributed by atoms with van der Waals surface area (Å²) in [6, 6.07) is 7.83. The van der Waals surface area contributed by atoms with Crippen LogP contribution < -0.4 is 9.64 Å². The molecule has 0 aliphatic carbocycles. The Kier molecular flexibility index (Phi) is 5.20. The number of ether oxygens (including phenoxy) is 1. The fourth-order valence-corrected chi connectivity index (χ4v) is 2.10. The summed E-state index contributed by atoms with van der Waals surface area (Å²) < 4.78 is 5.46. The fraction of sp³-hybridized carbons (Fsp3) is 0.357. The Morgan fingerprint density at radius 3 is 2.62 bits per heavy atom. The first-order chi connectivity index (χ1) is 9.94. The van der Waals surface area contributed by atoms with Gasteiger partial charge in [0.25, 0.3) is 0 Å². The van der Waals surface area contributed by atoms with Crippen molar-refractivity contribution in [2.24, 2.45) is 0 Å². The third-order valence-corrected chi connectivity index (χ3v) is 2.97. The van der Waals surface area contributed by atoms with E-state index >= 15 is 0 Å². The number of halogens is 2. The Morgan fingerprint density at radius 2 is 1.95 bits per heavy atom. The summed E-state index contributed by atoms with van der Waals surface area (Å²) in [5, 5.41) is 0.798. The molecule has 0 saturated heterocycles. The van der Waals surface area contributed by atoms with Gasteiger partial charge in [0.15, 0.2) is 0 Å². The van der Waals surface area contributed by atoms with Crippen LogP contribution in [0.3, 0.4) is 0 Å². The van der Waals surface area contributed by atoms with Crippen LogP contribution in [0.5, 0.6) is 6.01 Å². The van der Waals surface area contributed by atoms with Crippen molar-refractivity contribution in [2.75, 3.05) is 11.9 Å². The lowest BCUT2D eigenvalue weighted by Crippen LogP contribution is -2.20. The predicted octanol–water partition coefficient (Wildman–Crippen LogP) is 3.60. The average Bonchev–Trinajstić information content (AvgIpc) is 2.37. The molecule has 7 heteroatoms. The number of rotatable bonds is 5. The van der Waals surface area contributed by atoms with Gasteiger partial charge in [-0.1, -0.05) is 23.7 Å². The number of nitrogens with zero attached hydrogens (tertiary/aromatic N) is 4. The van der Waals surface area contributed by atoms with Crippen LogP contribution in [0.1, 0.15) is 19.4 Å². The fourth-order valence-electron chi connectivity index (χ4n) is 1.74. The van der Waals surface area contributed by atoms with Gasteiger partial charge in [0.1, 0.15) is 0 Å². The van der Waals surface area contributed by atoms with Gasteiger partial charge in [0, 0.05) is 18.6 Å². The van der Waals surface area contributed by atoms with Gasteiger partial charge in [-0.05, 0) is 43.1 Å². The first-order valence-corrected chi connectivity index (χ1v) is 7.23. The summed E-state index contributed by atoms with van der Waals surface area (Å²) in [5.41, 5.74) is 1.05. The van der Waals surface area contributed by atoms with E-state index in [1.54, 1.807) is 0 Å². The molecule has 0 aliphatic heterocycles. The molecule has 21 heavy (non-hydrogen) atoms. The van der Waals surface area contributed by atoms with Crippen molar-refractivity contribution in [1.29, 1.82) is 0 Å². The lowest BCUT2D eigenvalue weighted by atomic mass is 10.2. The molecule has 1 aromatic heterocycles. The van der Waals surface area contributed by atoms with Crippen molar-refractivity contribution in [1.82, 2.24) is 15.0 Å². The van der Waals surface area contributed by atoms with Crippen molar-refractivity contribution < 1.29 is 4.74 Å². The smallest absolute Gasteiger partial charge is 0.322 e. The number of anilines is 1. The second-order valence-corrected chi connectivity index (χ2v) is 5.61. The zero-order valence-electron chi connectivity index (χ0n) is 12.0. The van der Waals surface area contributed by atoms with Gasteiger partial charge in [0.2, 0.25) is 11.2 Å². The summed E-state index contributed by atoms with van der Waals surface area (Å²) in [5.74, 6) is 0.450. The second-order valence-electron chi connectivity index (χ2n) is 4.84. The Hall–Kier alpha value is -1.59. The van der Waals surface area contributed by atoms with Gasteiger partial charge in [-0.3, -0.25) is 0 Å². The van der Waals surface area contributed by atoms with Gasteiger partial charge < -0.3 is 9.64 Å². The topological polar surface area (TPSA) is 51.1 Å². The highest BCUT2D eigenvalue weighted by atomic mass is 35.5. The van der Waals surface area contributed by atoms with Crippen LogP contribution in [0.15, 0.2) is 24.3 Å². The molecule has 0 bridgehead atoms. The minimum atomic E-state index is -0.0328. The van der Waals surface area contributed by atoms with Crippen molar-refractivity contribution in [2.45, 2.75) is 26.5 Å². The average molecular weight is 327 g/mol. The van der Waals surface area contributed by atoms with Gasteiger partial charge in [-0.15, -0.1) is 0 Å². The largest absolute Gasteiger partial charge is 0.461 e. The van der Waals surface area contributed by atoms with Crippen molar-refractivity contribution >= 4 is 29.2 Å². The monoisotopic (exact) mass is 326 g/mol. The predicted molar refractivity (Wildman–Crippen MR) is 84.2 cm³/mol. The molecule has 0 N–H and O–H groups in total. The van der Waals surface area contributed by atoms with E-state index < -0.39 is 0 Å². The summed E-state index contributed by atoms with van der Waals surface area (Å²) in [7, 11) is 1.87. The van der Waals surface area contributed by atoms with E-state index in [2.05, 4.69) is 15.0 Å². The highest BCUT2D eigenvalue weighted by molar-refractivity contribution is 6.30. The van der Waals surface area contributed by atoms with Crippen LogP contribution in [-0.4, -0.2) is 28.1 Å².